The van der Waals surface area contributed by atoms with E-state index >= 15 is 0 Å². The van der Waals surface area contributed by atoms with Gasteiger partial charge in [-0.1, -0.05) is 0 Å². The summed E-state index contributed by atoms with van der Waals surface area (Å²) >= 11 is 3.40. The van der Waals surface area contributed by atoms with Gasteiger partial charge in [0, 0.05) is 27.4 Å². The van der Waals surface area contributed by atoms with Crippen LogP contribution in [0.5, 0.6) is 0 Å². The molecule has 0 aliphatic carbocycles. The smallest absolute Gasteiger partial charge is 0.187 e. The Morgan fingerprint density at radius 3 is 2.65 bits per heavy atom. The van der Waals surface area contributed by atoms with Gasteiger partial charge >= 0.3 is 0 Å². The van der Waals surface area contributed by atoms with Crippen molar-refractivity contribution in [3.05, 3.63) is 45.2 Å². The molecule has 1 N–H and O–H groups in total. The van der Waals surface area contributed by atoms with E-state index in [1.54, 1.807) is 28.9 Å². The summed E-state index contributed by atoms with van der Waals surface area (Å²) in [5, 5.41) is 8.52. The van der Waals surface area contributed by atoms with E-state index in [4.69, 9.17) is 0 Å². The van der Waals surface area contributed by atoms with Crippen molar-refractivity contribution in [2.45, 2.75) is 20.8 Å². The summed E-state index contributed by atoms with van der Waals surface area (Å²) in [6.07, 6.45) is 3.63. The molecule has 0 unspecified atom stereocenters. The van der Waals surface area contributed by atoms with Gasteiger partial charge in [0.1, 0.15) is 0 Å². The van der Waals surface area contributed by atoms with Crippen molar-refractivity contribution in [3.63, 3.8) is 0 Å². The number of anilines is 2. The quantitative estimate of drug-likeness (QED) is 0.745. The molecule has 3 aromatic heterocycles. The van der Waals surface area contributed by atoms with E-state index < -0.39 is 0 Å². The van der Waals surface area contributed by atoms with Crippen LogP contribution in [0.1, 0.15) is 16.0 Å². The first kappa shape index (κ1) is 13.3. The van der Waals surface area contributed by atoms with Gasteiger partial charge in [-0.2, -0.15) is 0 Å². The standard InChI is InChI=1S/C15H15N3S2/c1-9-4-5-16-6-13(9)17-15-18-14(8-20-15)12-7-19-11(3)10(12)2/h4-8H,1-3H3,(H,17,18). The Balaban J connectivity index is 1.88. The number of thiazole rings is 1. The van der Waals surface area contributed by atoms with Crippen LogP contribution in [0.25, 0.3) is 11.3 Å². The van der Waals surface area contributed by atoms with Crippen LogP contribution in [0.4, 0.5) is 10.8 Å². The molecule has 0 aromatic carbocycles. The molecule has 0 aliphatic heterocycles. The monoisotopic (exact) mass is 301 g/mol. The second kappa shape index (κ2) is 5.34. The highest BCUT2D eigenvalue weighted by Gasteiger charge is 2.10. The Bertz CT molecular complexity index is 743. The summed E-state index contributed by atoms with van der Waals surface area (Å²) in [6, 6.07) is 1.99. The van der Waals surface area contributed by atoms with E-state index in [0.29, 0.717) is 0 Å². The van der Waals surface area contributed by atoms with E-state index in [-0.39, 0.29) is 0 Å². The largest absolute Gasteiger partial charge is 0.330 e. The first-order valence-corrected chi connectivity index (χ1v) is 8.09. The fourth-order valence-electron chi connectivity index (χ4n) is 1.93. The second-order valence-electron chi connectivity index (χ2n) is 4.68. The molecule has 0 saturated carbocycles. The lowest BCUT2D eigenvalue weighted by Crippen LogP contribution is -1.93. The summed E-state index contributed by atoms with van der Waals surface area (Å²) < 4.78 is 0. The molecule has 102 valence electrons. The van der Waals surface area contributed by atoms with Crippen molar-refractivity contribution < 1.29 is 0 Å². The molecule has 0 saturated heterocycles. The second-order valence-corrected chi connectivity index (χ2v) is 6.63. The van der Waals surface area contributed by atoms with Gasteiger partial charge < -0.3 is 5.32 Å². The zero-order valence-electron chi connectivity index (χ0n) is 11.6. The summed E-state index contributed by atoms with van der Waals surface area (Å²) in [5.41, 5.74) is 5.77. The molecule has 3 aromatic rings. The Labute approximate surface area is 126 Å². The van der Waals surface area contributed by atoms with E-state index in [9.17, 15) is 0 Å². The number of aryl methyl sites for hydroxylation is 2. The van der Waals surface area contributed by atoms with E-state index in [1.165, 1.54) is 21.6 Å². The Kier molecular flexibility index (Phi) is 3.54. The van der Waals surface area contributed by atoms with Crippen molar-refractivity contribution in [2.24, 2.45) is 0 Å². The molecule has 5 heteroatoms. The van der Waals surface area contributed by atoms with Gasteiger partial charge in [-0.3, -0.25) is 4.98 Å². The minimum Gasteiger partial charge on any atom is -0.330 e. The molecular weight excluding hydrogens is 286 g/mol. The molecule has 3 rings (SSSR count). The molecule has 0 amide bonds. The molecule has 0 bridgehead atoms. The Morgan fingerprint density at radius 2 is 1.95 bits per heavy atom. The van der Waals surface area contributed by atoms with Crippen LogP contribution in [0.15, 0.2) is 29.2 Å². The van der Waals surface area contributed by atoms with Crippen molar-refractivity contribution in [2.75, 3.05) is 5.32 Å². The van der Waals surface area contributed by atoms with E-state index in [1.807, 2.05) is 12.3 Å². The Morgan fingerprint density at radius 1 is 1.10 bits per heavy atom. The maximum atomic E-state index is 4.68. The van der Waals surface area contributed by atoms with Crippen LogP contribution in [0, 0.1) is 20.8 Å². The Hall–Kier alpha value is -1.72. The molecule has 0 radical (unpaired) electrons. The number of thiophene rings is 1. The van der Waals surface area contributed by atoms with Crippen molar-refractivity contribution in [1.29, 1.82) is 0 Å². The molecule has 20 heavy (non-hydrogen) atoms. The number of hydrogen-bond acceptors (Lipinski definition) is 5. The van der Waals surface area contributed by atoms with Crippen LogP contribution in [-0.2, 0) is 0 Å². The third-order valence-electron chi connectivity index (χ3n) is 3.35. The van der Waals surface area contributed by atoms with Crippen molar-refractivity contribution >= 4 is 33.5 Å². The molecule has 3 heterocycles. The number of rotatable bonds is 3. The topological polar surface area (TPSA) is 37.8 Å². The molecule has 3 nitrogen and oxygen atoms in total. The van der Waals surface area contributed by atoms with Crippen molar-refractivity contribution in [1.82, 2.24) is 9.97 Å². The minimum atomic E-state index is 0.902. The summed E-state index contributed by atoms with van der Waals surface area (Å²) in [5.74, 6) is 0. The summed E-state index contributed by atoms with van der Waals surface area (Å²) in [7, 11) is 0. The van der Waals surface area contributed by atoms with E-state index in [2.05, 4.69) is 46.8 Å². The fourth-order valence-corrected chi connectivity index (χ4v) is 3.53. The number of nitrogens with zero attached hydrogens (tertiary/aromatic N) is 2. The molecular formula is C15H15N3S2. The van der Waals surface area contributed by atoms with Crippen LogP contribution < -0.4 is 5.32 Å². The van der Waals surface area contributed by atoms with Gasteiger partial charge in [-0.25, -0.2) is 4.98 Å². The van der Waals surface area contributed by atoms with Gasteiger partial charge in [0.25, 0.3) is 0 Å². The highest BCUT2D eigenvalue weighted by molar-refractivity contribution is 7.14. The number of pyridine rings is 1. The van der Waals surface area contributed by atoms with Gasteiger partial charge in [0.2, 0.25) is 0 Å². The van der Waals surface area contributed by atoms with Crippen molar-refractivity contribution in [3.8, 4) is 11.3 Å². The number of nitrogens with one attached hydrogen (secondary N) is 1. The molecule has 0 atom stereocenters. The first-order valence-electron chi connectivity index (χ1n) is 6.33. The molecule has 0 fully saturated rings. The maximum absolute atomic E-state index is 4.68. The highest BCUT2D eigenvalue weighted by atomic mass is 32.1. The molecule has 0 aliphatic rings. The SMILES string of the molecule is Cc1ccncc1Nc1nc(-c2csc(C)c2C)cs1. The van der Waals surface area contributed by atoms with Crippen LogP contribution in [0.2, 0.25) is 0 Å². The zero-order valence-corrected chi connectivity index (χ0v) is 13.2. The predicted molar refractivity (Wildman–Crippen MR) is 87.2 cm³/mol. The fraction of sp³-hybridized carbons (Fsp3) is 0.200. The average Bonchev–Trinajstić information content (AvgIpc) is 3.01. The highest BCUT2D eigenvalue weighted by Crippen LogP contribution is 2.33. The normalized spacial score (nSPS) is 10.8. The third-order valence-corrected chi connectivity index (χ3v) is 5.12. The zero-order chi connectivity index (χ0) is 14.1. The summed E-state index contributed by atoms with van der Waals surface area (Å²) in [6.45, 7) is 6.36. The summed E-state index contributed by atoms with van der Waals surface area (Å²) in [4.78, 5) is 10.2. The van der Waals surface area contributed by atoms with E-state index in [0.717, 1.165) is 16.5 Å². The lowest BCUT2D eigenvalue weighted by atomic mass is 10.1. The third kappa shape index (κ3) is 2.46. The van der Waals surface area contributed by atoms with Gasteiger partial charge in [0.15, 0.2) is 5.13 Å². The average molecular weight is 301 g/mol. The minimum absolute atomic E-state index is 0.902. The first-order chi connectivity index (χ1) is 9.65. The molecule has 0 spiro atoms. The lowest BCUT2D eigenvalue weighted by Gasteiger charge is -2.04. The van der Waals surface area contributed by atoms with Gasteiger partial charge in [-0.15, -0.1) is 22.7 Å². The van der Waals surface area contributed by atoms with Crippen LogP contribution in [0.3, 0.4) is 0 Å². The van der Waals surface area contributed by atoms with Gasteiger partial charge in [0.05, 0.1) is 17.6 Å². The number of hydrogen-bond donors (Lipinski definition) is 1. The predicted octanol–water partition coefficient (Wildman–Crippen LogP) is 4.94. The number of aromatic nitrogens is 2. The van der Waals surface area contributed by atoms with Crippen LogP contribution >= 0.6 is 22.7 Å². The lowest BCUT2D eigenvalue weighted by molar-refractivity contribution is 1.27. The maximum Gasteiger partial charge on any atom is 0.187 e. The van der Waals surface area contributed by atoms with Gasteiger partial charge in [-0.05, 0) is 38.0 Å². The van der Waals surface area contributed by atoms with Crippen LogP contribution in [-0.4, -0.2) is 9.97 Å².